The molecule has 5 nitrogen and oxygen atoms in total. The molecule has 28 heavy (non-hydrogen) atoms. The summed E-state index contributed by atoms with van der Waals surface area (Å²) in [5, 5.41) is 0. The van der Waals surface area contributed by atoms with E-state index < -0.39 is 11.6 Å². The predicted molar refractivity (Wildman–Crippen MR) is 97.2 cm³/mol. The number of carbonyl (C=O) groups is 1. The van der Waals surface area contributed by atoms with Gasteiger partial charge in [-0.3, -0.25) is 4.79 Å². The van der Waals surface area contributed by atoms with Crippen molar-refractivity contribution in [3.63, 3.8) is 0 Å². The second-order valence-electron chi connectivity index (χ2n) is 6.97. The van der Waals surface area contributed by atoms with E-state index in [9.17, 15) is 13.6 Å². The van der Waals surface area contributed by atoms with Gasteiger partial charge in [-0.25, -0.2) is 13.8 Å². The number of amides is 1. The topological polar surface area (TPSA) is 59.5 Å². The number of nitrogens with zero attached hydrogens (tertiary/aromatic N) is 2. The first-order valence-electron chi connectivity index (χ1n) is 9.27. The molecule has 0 saturated heterocycles. The molecular weight excluding hydrogens is 366 g/mol. The Balaban J connectivity index is 1.42. The van der Waals surface area contributed by atoms with E-state index in [4.69, 9.17) is 8.83 Å². The summed E-state index contributed by atoms with van der Waals surface area (Å²) in [5.74, 6) is -0.0654. The van der Waals surface area contributed by atoms with Crippen LogP contribution in [0.5, 0.6) is 0 Å². The van der Waals surface area contributed by atoms with E-state index in [1.807, 2.05) is 24.0 Å². The molecule has 1 aliphatic rings. The smallest absolute Gasteiger partial charge is 0.223 e. The number of hydrogen-bond donors (Lipinski definition) is 0. The van der Waals surface area contributed by atoms with Gasteiger partial charge in [-0.1, -0.05) is 0 Å². The van der Waals surface area contributed by atoms with Crippen LogP contribution in [0.1, 0.15) is 43.9 Å². The second-order valence-corrected chi connectivity index (χ2v) is 6.97. The number of rotatable bonds is 7. The highest BCUT2D eigenvalue weighted by molar-refractivity contribution is 5.77. The Kier molecular flexibility index (Phi) is 4.98. The molecule has 2 heterocycles. The number of oxazole rings is 1. The molecule has 1 unspecified atom stereocenters. The molecule has 3 aromatic rings. The van der Waals surface area contributed by atoms with E-state index in [1.165, 1.54) is 12.3 Å². The summed E-state index contributed by atoms with van der Waals surface area (Å²) in [6, 6.07) is 7.04. The van der Waals surface area contributed by atoms with Crippen LogP contribution in [-0.4, -0.2) is 21.8 Å². The third-order valence-electron chi connectivity index (χ3n) is 4.90. The number of aromatic nitrogens is 1. The van der Waals surface area contributed by atoms with Gasteiger partial charge in [0.25, 0.3) is 0 Å². The van der Waals surface area contributed by atoms with Gasteiger partial charge >= 0.3 is 0 Å². The zero-order valence-electron chi connectivity index (χ0n) is 15.4. The van der Waals surface area contributed by atoms with Gasteiger partial charge in [0.05, 0.1) is 24.1 Å². The molecule has 4 rings (SSSR count). The fourth-order valence-electron chi connectivity index (χ4n) is 3.34. The Morgan fingerprint density at radius 1 is 1.32 bits per heavy atom. The number of hydrogen-bond acceptors (Lipinski definition) is 4. The molecule has 1 fully saturated rings. The van der Waals surface area contributed by atoms with Crippen LogP contribution < -0.4 is 0 Å². The number of halogens is 2. The van der Waals surface area contributed by atoms with Crippen molar-refractivity contribution >= 4 is 5.91 Å². The van der Waals surface area contributed by atoms with Crippen LogP contribution in [-0.2, 0) is 11.2 Å². The molecule has 1 amide bonds. The summed E-state index contributed by atoms with van der Waals surface area (Å²) >= 11 is 0. The molecule has 0 bridgehead atoms. The largest absolute Gasteiger partial charge is 0.467 e. The number of carbonyl (C=O) groups excluding carboxylic acids is 1. The summed E-state index contributed by atoms with van der Waals surface area (Å²) in [7, 11) is 0. The maximum absolute atomic E-state index is 13.9. The van der Waals surface area contributed by atoms with E-state index in [0.717, 1.165) is 30.7 Å². The highest BCUT2D eigenvalue weighted by Gasteiger charge is 2.36. The minimum absolute atomic E-state index is 0.000822. The molecule has 146 valence electrons. The van der Waals surface area contributed by atoms with E-state index in [0.29, 0.717) is 12.3 Å². The van der Waals surface area contributed by atoms with Crippen LogP contribution in [0.25, 0.3) is 11.3 Å². The number of benzene rings is 1. The van der Waals surface area contributed by atoms with Crippen LogP contribution in [0, 0.1) is 11.6 Å². The first-order chi connectivity index (χ1) is 13.5. The fourth-order valence-corrected chi connectivity index (χ4v) is 3.34. The van der Waals surface area contributed by atoms with Crippen molar-refractivity contribution in [1.82, 2.24) is 9.88 Å². The lowest BCUT2D eigenvalue weighted by Crippen LogP contribution is -2.35. The van der Waals surface area contributed by atoms with Crippen molar-refractivity contribution in [1.29, 1.82) is 0 Å². The van der Waals surface area contributed by atoms with Crippen LogP contribution in [0.15, 0.2) is 51.6 Å². The molecule has 2 aromatic heterocycles. The van der Waals surface area contributed by atoms with E-state index in [-0.39, 0.29) is 35.7 Å². The standard InChI is InChI=1S/C21H20F2N2O3/c1-13(18-3-2-10-27-18)25(15-5-6-15)21(26)9-8-20-24-12-19(28-20)16-7-4-14(22)11-17(16)23/h2-4,7,10-13,15H,5-6,8-9H2,1H3. The van der Waals surface area contributed by atoms with Gasteiger partial charge < -0.3 is 13.7 Å². The summed E-state index contributed by atoms with van der Waals surface area (Å²) in [6.07, 6.45) is 5.50. The fraction of sp³-hybridized carbons (Fsp3) is 0.333. The van der Waals surface area contributed by atoms with Crippen LogP contribution >= 0.6 is 0 Å². The average Bonchev–Trinajstić information content (AvgIpc) is 3.16. The molecule has 1 aromatic carbocycles. The third-order valence-corrected chi connectivity index (χ3v) is 4.90. The highest BCUT2D eigenvalue weighted by atomic mass is 19.1. The molecular formula is C21H20F2N2O3. The summed E-state index contributed by atoms with van der Waals surface area (Å²) in [5.41, 5.74) is 0.137. The molecule has 1 aliphatic carbocycles. The maximum atomic E-state index is 13.9. The summed E-state index contributed by atoms with van der Waals surface area (Å²) in [6.45, 7) is 1.95. The molecule has 0 aliphatic heterocycles. The lowest BCUT2D eigenvalue weighted by molar-refractivity contribution is -0.134. The minimum Gasteiger partial charge on any atom is -0.467 e. The maximum Gasteiger partial charge on any atom is 0.223 e. The SMILES string of the molecule is CC(c1ccco1)N(C(=O)CCc1ncc(-c2ccc(F)cc2F)o1)C1CC1. The van der Waals surface area contributed by atoms with Gasteiger partial charge in [-0.05, 0) is 44.0 Å². The number of furan rings is 1. The van der Waals surface area contributed by atoms with E-state index in [2.05, 4.69) is 4.98 Å². The lowest BCUT2D eigenvalue weighted by Gasteiger charge is -2.28. The van der Waals surface area contributed by atoms with Gasteiger partial charge in [0.1, 0.15) is 17.4 Å². The molecule has 7 heteroatoms. The first kappa shape index (κ1) is 18.4. The van der Waals surface area contributed by atoms with E-state index >= 15 is 0 Å². The number of aryl methyl sites for hydroxylation is 1. The monoisotopic (exact) mass is 386 g/mol. The van der Waals surface area contributed by atoms with Crippen LogP contribution in [0.2, 0.25) is 0 Å². The quantitative estimate of drug-likeness (QED) is 0.580. The average molecular weight is 386 g/mol. The van der Waals surface area contributed by atoms with Crippen molar-refractivity contribution in [3.05, 3.63) is 66.1 Å². The van der Waals surface area contributed by atoms with Crippen molar-refractivity contribution in [3.8, 4) is 11.3 Å². The van der Waals surface area contributed by atoms with Crippen molar-refractivity contribution in [2.75, 3.05) is 0 Å². The van der Waals surface area contributed by atoms with Gasteiger partial charge in [0.15, 0.2) is 11.7 Å². The Morgan fingerprint density at radius 2 is 2.14 bits per heavy atom. The Labute approximate surface area is 161 Å². The summed E-state index contributed by atoms with van der Waals surface area (Å²) < 4.78 is 38.0. The Hall–Kier alpha value is -2.96. The molecule has 0 spiro atoms. The third kappa shape index (κ3) is 3.83. The minimum atomic E-state index is -0.717. The van der Waals surface area contributed by atoms with E-state index in [1.54, 1.807) is 6.26 Å². The van der Waals surface area contributed by atoms with Gasteiger partial charge in [0, 0.05) is 24.9 Å². The predicted octanol–water partition coefficient (Wildman–Crippen LogP) is 4.90. The van der Waals surface area contributed by atoms with Gasteiger partial charge in [-0.2, -0.15) is 0 Å². The van der Waals surface area contributed by atoms with Crippen molar-refractivity contribution in [2.24, 2.45) is 0 Å². The van der Waals surface area contributed by atoms with Crippen LogP contribution in [0.4, 0.5) is 8.78 Å². The molecule has 0 N–H and O–H groups in total. The lowest BCUT2D eigenvalue weighted by atomic mass is 10.1. The van der Waals surface area contributed by atoms with Crippen LogP contribution in [0.3, 0.4) is 0 Å². The van der Waals surface area contributed by atoms with Gasteiger partial charge in [0.2, 0.25) is 5.91 Å². The molecule has 1 saturated carbocycles. The normalized spacial score (nSPS) is 14.8. The zero-order valence-corrected chi connectivity index (χ0v) is 15.4. The molecule has 0 radical (unpaired) electrons. The first-order valence-corrected chi connectivity index (χ1v) is 9.27. The molecule has 1 atom stereocenters. The zero-order chi connectivity index (χ0) is 19.7. The van der Waals surface area contributed by atoms with Gasteiger partial charge in [-0.15, -0.1) is 0 Å². The summed E-state index contributed by atoms with van der Waals surface area (Å²) in [4.78, 5) is 18.8. The highest BCUT2D eigenvalue weighted by Crippen LogP contribution is 2.35. The van der Waals surface area contributed by atoms with Crippen molar-refractivity contribution < 1.29 is 22.4 Å². The second kappa shape index (κ2) is 7.58. The Bertz CT molecular complexity index is 964. The van der Waals surface area contributed by atoms with Crippen molar-refractivity contribution in [2.45, 2.75) is 44.7 Å². The Morgan fingerprint density at radius 3 is 2.82 bits per heavy atom.